The van der Waals surface area contributed by atoms with Crippen LogP contribution >= 0.6 is 0 Å². The summed E-state index contributed by atoms with van der Waals surface area (Å²) in [6.07, 6.45) is 0. The Morgan fingerprint density at radius 2 is 2.00 bits per heavy atom. The minimum Gasteiger partial charge on any atom is -1.00 e. The average Bonchev–Trinajstić information content (AvgIpc) is 0.811. The third kappa shape index (κ3) is 61.5. The number of carbonyl (C=O) groups is 1. The molecule has 0 aromatic heterocycles. The maximum atomic E-state index is 9.00. The predicted molar refractivity (Wildman–Crippen MR) is 24.5 cm³/mol. The molecule has 1 N–H and O–H groups in total. The van der Waals surface area contributed by atoms with Crippen LogP contribution in [0.1, 0.15) is 12.6 Å². The number of carboxylic acids is 1. The molecule has 0 saturated heterocycles. The third-order valence-corrected chi connectivity index (χ3v) is 0. The van der Waals surface area contributed by atoms with Gasteiger partial charge in [-0.05, 0) is 0 Å². The molecule has 4 heteroatoms. The fourth-order valence-electron chi connectivity index (χ4n) is 0. The second-order valence-electron chi connectivity index (χ2n) is 0.519. The molecule has 0 rings (SSSR count). The normalized spacial score (nSPS) is 4.17. The summed E-state index contributed by atoms with van der Waals surface area (Å²) >= 11 is 0. The van der Waals surface area contributed by atoms with Crippen molar-refractivity contribution in [3.05, 3.63) is 0 Å². The summed E-state index contributed by atoms with van der Waals surface area (Å²) in [6, 6.07) is 0. The van der Waals surface area contributed by atoms with E-state index in [0.717, 1.165) is 6.92 Å². The molecule has 6 heavy (non-hydrogen) atoms. The minimum absolute atomic E-state index is 0. The number of rotatable bonds is 0. The molecule has 0 amide bonds. The Hall–Kier alpha value is 1.24. The van der Waals surface area contributed by atoms with Gasteiger partial charge in [0.25, 0.3) is 5.97 Å². The van der Waals surface area contributed by atoms with Crippen molar-refractivity contribution in [2.24, 2.45) is 0 Å². The summed E-state index contributed by atoms with van der Waals surface area (Å²) in [6.45, 7) is 1.08. The zero-order valence-electron chi connectivity index (χ0n) is 7.06. The molecule has 0 atom stereocenters. The molecule has 0 aliphatic rings. The smallest absolute Gasteiger partial charge is 1.00 e. The van der Waals surface area contributed by atoms with Gasteiger partial charge < -0.3 is 9.39 Å². The third-order valence-electron chi connectivity index (χ3n) is 0. The van der Waals surface area contributed by atoms with Crippen LogP contribution in [0.2, 0.25) is 0 Å². The standard InChI is InChI=1S/C2H4O2.Mg.Na.H2.3H/c1-2(3)4;;;;;;/h1H3,(H,3,4);;;1H;;;/q;+2;+1;;3*-1. The second-order valence-corrected chi connectivity index (χ2v) is 0.519. The van der Waals surface area contributed by atoms with Crippen molar-refractivity contribution in [3.63, 3.8) is 0 Å². The van der Waals surface area contributed by atoms with Gasteiger partial charge in [-0.3, -0.25) is 4.79 Å². The van der Waals surface area contributed by atoms with Crippen molar-refractivity contribution in [2.45, 2.75) is 6.92 Å². The molecule has 0 bridgehead atoms. The molecule has 0 saturated carbocycles. The molecule has 0 aromatic rings. The van der Waals surface area contributed by atoms with E-state index >= 15 is 0 Å². The van der Waals surface area contributed by atoms with Crippen LogP contribution in [-0.2, 0) is 4.79 Å². The van der Waals surface area contributed by atoms with Crippen molar-refractivity contribution in [1.29, 1.82) is 0 Å². The number of hydrogen-bond donors (Lipinski definition) is 1. The average molecular weight is 112 g/mol. The molecule has 32 valence electrons. The van der Waals surface area contributed by atoms with Gasteiger partial charge in [0.15, 0.2) is 0 Å². The van der Waals surface area contributed by atoms with E-state index < -0.39 is 5.97 Å². The molecule has 0 aromatic carbocycles. The monoisotopic (exact) mass is 112 g/mol. The number of aliphatic carboxylic acids is 1. The number of carboxylic acid groups (broad SMARTS) is 1. The van der Waals surface area contributed by atoms with Gasteiger partial charge >= 0.3 is 52.6 Å². The fraction of sp³-hybridized carbons (Fsp3) is 0.500. The summed E-state index contributed by atoms with van der Waals surface area (Å²) in [4.78, 5) is 9.00. The van der Waals surface area contributed by atoms with Gasteiger partial charge in [0.2, 0.25) is 0 Å². The first-order chi connectivity index (χ1) is 1.73. The van der Waals surface area contributed by atoms with Crippen LogP contribution in [0.3, 0.4) is 0 Å². The van der Waals surface area contributed by atoms with E-state index in [1.807, 2.05) is 0 Å². The fourth-order valence-corrected chi connectivity index (χ4v) is 0. The van der Waals surface area contributed by atoms with Crippen molar-refractivity contribution in [2.75, 3.05) is 0 Å². The molecule has 0 aliphatic heterocycles. The van der Waals surface area contributed by atoms with Crippen LogP contribution in [0.5, 0.6) is 0 Å². The van der Waals surface area contributed by atoms with E-state index in [-0.39, 0.29) is 58.3 Å². The second kappa shape index (κ2) is 9.53. The molecule has 0 heterocycles. The summed E-state index contributed by atoms with van der Waals surface area (Å²) < 4.78 is 0. The van der Waals surface area contributed by atoms with Gasteiger partial charge in [0.1, 0.15) is 0 Å². The zero-order chi connectivity index (χ0) is 3.58. The van der Waals surface area contributed by atoms with E-state index in [4.69, 9.17) is 9.90 Å². The molecule has 0 radical (unpaired) electrons. The first kappa shape index (κ1) is 15.7. The van der Waals surface area contributed by atoms with Gasteiger partial charge in [-0.25, -0.2) is 0 Å². The van der Waals surface area contributed by atoms with E-state index in [0.29, 0.717) is 0 Å². The van der Waals surface area contributed by atoms with Crippen LogP contribution in [0.15, 0.2) is 0 Å². The minimum atomic E-state index is -0.833. The van der Waals surface area contributed by atoms with Crippen molar-refractivity contribution < 1.29 is 45.2 Å². The maximum absolute atomic E-state index is 9.00. The Bertz CT molecular complexity index is 44.2. The van der Waals surface area contributed by atoms with Crippen LogP contribution in [0, 0.1) is 0 Å². The Morgan fingerprint density at radius 3 is 2.00 bits per heavy atom. The molecule has 2 nitrogen and oxygen atoms in total. The summed E-state index contributed by atoms with van der Waals surface area (Å²) in [7, 11) is 0. The summed E-state index contributed by atoms with van der Waals surface area (Å²) in [5, 5.41) is 7.42. The largest absolute Gasteiger partial charge is 2.00 e. The Kier molecular flexibility index (Phi) is 24.9. The van der Waals surface area contributed by atoms with Gasteiger partial charge in [0.05, 0.1) is 0 Å². The topological polar surface area (TPSA) is 37.3 Å². The quantitative estimate of drug-likeness (QED) is 0.346. The van der Waals surface area contributed by atoms with Crippen molar-refractivity contribution in [3.8, 4) is 0 Å². The van der Waals surface area contributed by atoms with Crippen LogP contribution < -0.4 is 29.6 Å². The van der Waals surface area contributed by atoms with E-state index in [1.165, 1.54) is 0 Å². The first-order valence-electron chi connectivity index (χ1n) is 0.928. The summed E-state index contributed by atoms with van der Waals surface area (Å²) in [5.41, 5.74) is 0. The van der Waals surface area contributed by atoms with Gasteiger partial charge in [0, 0.05) is 8.35 Å². The first-order valence-corrected chi connectivity index (χ1v) is 0.928. The molecule has 0 fully saturated rings. The Morgan fingerprint density at radius 1 is 2.00 bits per heavy atom. The van der Waals surface area contributed by atoms with Crippen LogP contribution in [0.4, 0.5) is 0 Å². The Labute approximate surface area is 80.7 Å². The van der Waals surface area contributed by atoms with E-state index in [2.05, 4.69) is 0 Å². The molecular formula is C2H9MgNaO2. The van der Waals surface area contributed by atoms with Crippen molar-refractivity contribution >= 4 is 29.0 Å². The van der Waals surface area contributed by atoms with Gasteiger partial charge in [-0.1, -0.05) is 0 Å². The number of hydrogen-bond acceptors (Lipinski definition) is 1. The van der Waals surface area contributed by atoms with E-state index in [9.17, 15) is 0 Å². The molecule has 0 aliphatic carbocycles. The predicted octanol–water partition coefficient (Wildman–Crippen LogP) is -2.70. The Balaban J connectivity index is -0.00000000300. The van der Waals surface area contributed by atoms with Gasteiger partial charge in [-0.2, -0.15) is 0 Å². The van der Waals surface area contributed by atoms with Crippen molar-refractivity contribution in [1.82, 2.24) is 0 Å². The molecular weight excluding hydrogens is 103 g/mol. The zero-order valence-corrected chi connectivity index (χ0v) is 7.48. The van der Waals surface area contributed by atoms with Crippen LogP contribution in [0.25, 0.3) is 0 Å². The van der Waals surface area contributed by atoms with Gasteiger partial charge in [-0.15, -0.1) is 0 Å². The molecule has 0 unspecified atom stereocenters. The van der Waals surface area contributed by atoms with Crippen LogP contribution in [-0.4, -0.2) is 34.1 Å². The molecule has 0 spiro atoms. The summed E-state index contributed by atoms with van der Waals surface area (Å²) in [5.74, 6) is -0.833. The van der Waals surface area contributed by atoms with E-state index in [1.54, 1.807) is 0 Å². The maximum Gasteiger partial charge on any atom is 2.00 e. The SMILES string of the molecule is CC(=O)O.[H-].[H-].[H-].[HH].[Mg+2].[Na+].